The monoisotopic (exact) mass is 301 g/mol. The first-order valence-corrected chi connectivity index (χ1v) is 5.57. The van der Waals surface area contributed by atoms with Crippen LogP contribution in [0.15, 0.2) is 12.1 Å². The number of benzene rings is 1. The van der Waals surface area contributed by atoms with Crippen LogP contribution in [-0.4, -0.2) is 13.2 Å². The molecule has 0 bridgehead atoms. The maximum absolute atomic E-state index is 12.9. The van der Waals surface area contributed by atoms with Gasteiger partial charge in [0.25, 0.3) is 0 Å². The third kappa shape index (κ3) is 3.78. The van der Waals surface area contributed by atoms with Gasteiger partial charge in [-0.1, -0.05) is 0 Å². The van der Waals surface area contributed by atoms with Gasteiger partial charge >= 0.3 is 12.4 Å². The van der Waals surface area contributed by atoms with E-state index in [2.05, 4.69) is 4.74 Å². The zero-order valence-electron chi connectivity index (χ0n) is 10.7. The summed E-state index contributed by atoms with van der Waals surface area (Å²) in [5.74, 6) is -0.468. The number of ether oxygens (including phenoxy) is 1. The molecular weight excluding hydrogens is 288 g/mol. The van der Waals surface area contributed by atoms with Crippen molar-refractivity contribution in [1.82, 2.24) is 0 Å². The fourth-order valence-corrected chi connectivity index (χ4v) is 1.78. The number of alkyl halides is 6. The first-order valence-electron chi connectivity index (χ1n) is 5.57. The molecule has 1 rings (SSSR count). The Labute approximate surface area is 111 Å². The van der Waals surface area contributed by atoms with Crippen molar-refractivity contribution >= 4 is 0 Å². The van der Waals surface area contributed by atoms with Crippen molar-refractivity contribution in [1.29, 1.82) is 0 Å². The van der Waals surface area contributed by atoms with E-state index in [-0.39, 0.29) is 18.1 Å². The molecule has 1 aromatic carbocycles. The summed E-state index contributed by atoms with van der Waals surface area (Å²) in [6, 6.07) is -0.0190. The van der Waals surface area contributed by atoms with E-state index in [4.69, 9.17) is 5.73 Å². The van der Waals surface area contributed by atoms with Crippen LogP contribution >= 0.6 is 0 Å². The van der Waals surface area contributed by atoms with Gasteiger partial charge in [-0.05, 0) is 25.5 Å². The third-order valence-corrected chi connectivity index (χ3v) is 2.59. The lowest BCUT2D eigenvalue weighted by molar-refractivity contribution is -0.143. The van der Waals surface area contributed by atoms with Crippen molar-refractivity contribution < 1.29 is 31.1 Å². The van der Waals surface area contributed by atoms with Gasteiger partial charge in [0.15, 0.2) is 0 Å². The molecule has 0 aliphatic heterocycles. The largest absolute Gasteiger partial charge is 0.496 e. The maximum Gasteiger partial charge on any atom is 0.416 e. The second-order valence-electron chi connectivity index (χ2n) is 4.38. The highest BCUT2D eigenvalue weighted by molar-refractivity contribution is 5.46. The Bertz CT molecular complexity index is 478. The minimum atomic E-state index is -4.92. The number of hydrogen-bond donors (Lipinski definition) is 1. The predicted octanol–water partition coefficient (Wildman–Crippen LogP) is 3.62. The van der Waals surface area contributed by atoms with Crippen LogP contribution in [0.3, 0.4) is 0 Å². The quantitative estimate of drug-likeness (QED) is 0.865. The molecule has 0 heterocycles. The molecule has 0 aromatic heterocycles. The number of methoxy groups -OCH3 is 1. The molecule has 20 heavy (non-hydrogen) atoms. The Kier molecular flexibility index (Phi) is 4.58. The van der Waals surface area contributed by atoms with Crippen molar-refractivity contribution in [3.63, 3.8) is 0 Å². The van der Waals surface area contributed by atoms with Gasteiger partial charge in [-0.3, -0.25) is 0 Å². The van der Waals surface area contributed by atoms with Gasteiger partial charge in [0, 0.05) is 11.6 Å². The lowest BCUT2D eigenvalue weighted by Gasteiger charge is -2.20. The van der Waals surface area contributed by atoms with Crippen molar-refractivity contribution in [2.45, 2.75) is 31.7 Å². The first-order chi connectivity index (χ1) is 8.96. The van der Waals surface area contributed by atoms with E-state index < -0.39 is 35.3 Å². The molecule has 0 aliphatic rings. The lowest BCUT2D eigenvalue weighted by atomic mass is 9.96. The molecule has 0 saturated heterocycles. The van der Waals surface area contributed by atoms with E-state index >= 15 is 0 Å². The van der Waals surface area contributed by atoms with Crippen LogP contribution in [0.5, 0.6) is 5.75 Å². The summed E-state index contributed by atoms with van der Waals surface area (Å²) in [4.78, 5) is 0. The number of nitrogens with two attached hydrogens (primary N) is 1. The van der Waals surface area contributed by atoms with Crippen molar-refractivity contribution in [2.75, 3.05) is 7.11 Å². The van der Waals surface area contributed by atoms with Crippen molar-refractivity contribution in [3.05, 3.63) is 28.8 Å². The second kappa shape index (κ2) is 5.51. The summed E-state index contributed by atoms with van der Waals surface area (Å²) in [6.45, 7) is 1.46. The number of rotatable bonds is 3. The SMILES string of the molecule is COc1cc(C(F)(F)F)cc(C(F)(F)F)c1CC(C)N. The Morgan fingerprint density at radius 2 is 1.65 bits per heavy atom. The molecule has 1 unspecified atom stereocenters. The molecule has 0 fully saturated rings. The molecule has 2 nitrogen and oxygen atoms in total. The molecule has 0 radical (unpaired) electrons. The van der Waals surface area contributed by atoms with Crippen molar-refractivity contribution in [3.8, 4) is 5.75 Å². The van der Waals surface area contributed by atoms with E-state index in [1.807, 2.05) is 0 Å². The van der Waals surface area contributed by atoms with Crippen LogP contribution in [0.4, 0.5) is 26.3 Å². The summed E-state index contributed by atoms with van der Waals surface area (Å²) < 4.78 is 81.3. The molecule has 2 N–H and O–H groups in total. The molecule has 0 spiro atoms. The third-order valence-electron chi connectivity index (χ3n) is 2.59. The predicted molar refractivity (Wildman–Crippen MR) is 60.4 cm³/mol. The van der Waals surface area contributed by atoms with E-state index in [9.17, 15) is 26.3 Å². The Hall–Kier alpha value is -1.44. The highest BCUT2D eigenvalue weighted by atomic mass is 19.4. The molecule has 114 valence electrons. The number of halogens is 6. The van der Waals surface area contributed by atoms with Gasteiger partial charge in [-0.15, -0.1) is 0 Å². The lowest BCUT2D eigenvalue weighted by Crippen LogP contribution is -2.22. The van der Waals surface area contributed by atoms with Gasteiger partial charge in [0.05, 0.1) is 18.2 Å². The highest BCUT2D eigenvalue weighted by Crippen LogP contribution is 2.41. The molecule has 0 aliphatic carbocycles. The fraction of sp³-hybridized carbons (Fsp3) is 0.500. The van der Waals surface area contributed by atoms with Gasteiger partial charge in [0.1, 0.15) is 5.75 Å². The van der Waals surface area contributed by atoms with Crippen LogP contribution in [-0.2, 0) is 18.8 Å². The van der Waals surface area contributed by atoms with Crippen LogP contribution in [0, 0.1) is 0 Å². The average molecular weight is 301 g/mol. The first kappa shape index (κ1) is 16.6. The minimum absolute atomic E-state index is 0.0836. The topological polar surface area (TPSA) is 35.2 Å². The summed E-state index contributed by atoms with van der Waals surface area (Å²) in [6.07, 6.45) is -10.0. The van der Waals surface area contributed by atoms with Gasteiger partial charge in [-0.25, -0.2) is 0 Å². The minimum Gasteiger partial charge on any atom is -0.496 e. The molecule has 0 saturated carbocycles. The van der Waals surface area contributed by atoms with Crippen LogP contribution in [0.1, 0.15) is 23.6 Å². The summed E-state index contributed by atoms with van der Waals surface area (Å²) >= 11 is 0. The molecule has 8 heteroatoms. The Balaban J connectivity index is 3.56. The Morgan fingerprint density at radius 1 is 1.10 bits per heavy atom. The van der Waals surface area contributed by atoms with E-state index in [1.54, 1.807) is 0 Å². The van der Waals surface area contributed by atoms with E-state index in [0.29, 0.717) is 6.07 Å². The van der Waals surface area contributed by atoms with Gasteiger partial charge in [0.2, 0.25) is 0 Å². The van der Waals surface area contributed by atoms with E-state index in [1.165, 1.54) is 6.92 Å². The van der Waals surface area contributed by atoms with Gasteiger partial charge < -0.3 is 10.5 Å². The second-order valence-corrected chi connectivity index (χ2v) is 4.38. The molecule has 0 amide bonds. The normalized spacial score (nSPS) is 14.2. The molecular formula is C12H13F6NO. The summed E-state index contributed by atoms with van der Waals surface area (Å²) in [5, 5.41) is 0. The zero-order chi connectivity index (χ0) is 15.7. The zero-order valence-corrected chi connectivity index (χ0v) is 10.7. The summed E-state index contributed by atoms with van der Waals surface area (Å²) in [7, 11) is 1.01. The average Bonchev–Trinajstić information content (AvgIpc) is 2.25. The smallest absolute Gasteiger partial charge is 0.416 e. The van der Waals surface area contributed by atoms with E-state index in [0.717, 1.165) is 7.11 Å². The van der Waals surface area contributed by atoms with Crippen LogP contribution in [0.2, 0.25) is 0 Å². The standard InChI is InChI=1S/C12H13F6NO/c1-6(19)3-8-9(12(16,17)18)4-7(11(13,14)15)5-10(8)20-2/h4-6H,3,19H2,1-2H3. The van der Waals surface area contributed by atoms with Gasteiger partial charge in [-0.2, -0.15) is 26.3 Å². The van der Waals surface area contributed by atoms with Crippen molar-refractivity contribution in [2.24, 2.45) is 5.73 Å². The fourth-order valence-electron chi connectivity index (χ4n) is 1.78. The number of hydrogen-bond acceptors (Lipinski definition) is 2. The summed E-state index contributed by atoms with van der Waals surface area (Å²) in [5.41, 5.74) is 2.29. The Morgan fingerprint density at radius 3 is 2.00 bits per heavy atom. The maximum atomic E-state index is 12.9. The highest BCUT2D eigenvalue weighted by Gasteiger charge is 2.39. The molecule has 1 aromatic rings. The van der Waals surface area contributed by atoms with Crippen LogP contribution in [0.25, 0.3) is 0 Å². The molecule has 1 atom stereocenters. The van der Waals surface area contributed by atoms with Crippen LogP contribution < -0.4 is 10.5 Å².